The third-order valence-corrected chi connectivity index (χ3v) is 11.0. The molecule has 0 bridgehead atoms. The third-order valence-electron chi connectivity index (χ3n) is 11.0. The van der Waals surface area contributed by atoms with Crippen LogP contribution >= 0.6 is 0 Å². The molecule has 1 N–H and O–H groups in total. The summed E-state index contributed by atoms with van der Waals surface area (Å²) < 4.78 is 17.3. The Morgan fingerprint density at radius 1 is 0.500 bits per heavy atom. The first-order chi connectivity index (χ1) is 30.1. The van der Waals surface area contributed by atoms with Crippen LogP contribution in [-0.2, 0) is 28.6 Å². The monoisotopic (exact) mass is 869 g/mol. The molecule has 0 spiro atoms. The number of hydrogen-bond acceptors (Lipinski definition) is 6. The maximum absolute atomic E-state index is 12.7. The van der Waals surface area contributed by atoms with Gasteiger partial charge in [-0.05, 0) is 57.8 Å². The number of likely N-dealkylation sites (N-methyl/N-ethyl adjacent to an activating group) is 1. The fraction of sp³-hybridized carbons (Fsp3) is 0.722. The fourth-order valence-electron chi connectivity index (χ4n) is 7.11. The molecule has 62 heavy (non-hydrogen) atoms. The molecule has 0 aliphatic rings. The number of carboxylic acid groups (broad SMARTS) is 1. The minimum Gasteiger partial charge on any atom is -0.477 e. The van der Waals surface area contributed by atoms with E-state index in [0.717, 1.165) is 44.9 Å². The number of hydrogen-bond donors (Lipinski definition) is 1. The van der Waals surface area contributed by atoms with Gasteiger partial charge >= 0.3 is 17.9 Å². The maximum Gasteiger partial charge on any atom is 0.362 e. The highest BCUT2D eigenvalue weighted by atomic mass is 16.6. The van der Waals surface area contributed by atoms with Gasteiger partial charge in [0.05, 0.1) is 34.4 Å². The van der Waals surface area contributed by atoms with Gasteiger partial charge in [-0.3, -0.25) is 9.59 Å². The molecule has 0 aromatic carbocycles. The molecule has 0 fully saturated rings. The normalized spacial score (nSPS) is 13.5. The lowest BCUT2D eigenvalue weighted by molar-refractivity contribution is -0.887. The second-order valence-electron chi connectivity index (χ2n) is 17.8. The van der Waals surface area contributed by atoms with Crippen LogP contribution in [0.15, 0.2) is 72.9 Å². The largest absolute Gasteiger partial charge is 0.477 e. The van der Waals surface area contributed by atoms with Gasteiger partial charge in [0.2, 0.25) is 0 Å². The molecule has 0 saturated carbocycles. The summed E-state index contributed by atoms with van der Waals surface area (Å²) in [5.41, 5.74) is 0. The Labute approximate surface area is 381 Å². The zero-order valence-corrected chi connectivity index (χ0v) is 40.6. The minimum absolute atomic E-state index is 0.0391. The van der Waals surface area contributed by atoms with E-state index in [1.165, 1.54) is 116 Å². The number of rotatable bonds is 44. The maximum atomic E-state index is 12.7. The van der Waals surface area contributed by atoms with Gasteiger partial charge in [-0.15, -0.1) is 0 Å². The number of unbranched alkanes of at least 4 members (excludes halogenated alkanes) is 22. The number of ether oxygens (including phenoxy) is 3. The second-order valence-corrected chi connectivity index (χ2v) is 17.8. The Morgan fingerprint density at radius 3 is 1.40 bits per heavy atom. The standard InChI is InChI=1S/C54H93NO7/c1-6-8-10-12-14-16-18-20-22-23-24-25-26-27-28-29-31-32-34-36-38-40-42-44-52(56)61-49-50(48-60-47-46-51(54(58)59)55(3,4)5)62-53(57)45-43-41-39-37-35-33-30-21-19-17-15-13-11-9-7-2/h9,11,13,15,17,19,21,27-28,30,33,35,50-51H,6-8,10,12,14,16,18,20,22-26,29,31-32,34,36-49H2,1-5H3/p+1/b11-9+,15-13+,19-17+,28-27+,30-21+,35-33+. The van der Waals surface area contributed by atoms with Crippen molar-refractivity contribution in [1.82, 2.24) is 0 Å². The zero-order valence-electron chi connectivity index (χ0n) is 40.6. The van der Waals surface area contributed by atoms with E-state index in [-0.39, 0.29) is 42.7 Å². The number of carbonyl (C=O) groups is 3. The molecule has 0 radical (unpaired) electrons. The van der Waals surface area contributed by atoms with E-state index >= 15 is 0 Å². The Balaban J connectivity index is 4.27. The highest BCUT2D eigenvalue weighted by Crippen LogP contribution is 2.15. The summed E-state index contributed by atoms with van der Waals surface area (Å²) in [7, 11) is 5.51. The number of esters is 2. The molecule has 2 unspecified atom stereocenters. The lowest BCUT2D eigenvalue weighted by Crippen LogP contribution is -2.50. The van der Waals surface area contributed by atoms with Gasteiger partial charge in [0.1, 0.15) is 6.61 Å². The topological polar surface area (TPSA) is 99.1 Å². The summed E-state index contributed by atoms with van der Waals surface area (Å²) in [6.07, 6.45) is 56.8. The van der Waals surface area contributed by atoms with E-state index in [9.17, 15) is 19.5 Å². The number of aliphatic carboxylic acids is 1. The highest BCUT2D eigenvalue weighted by Gasteiger charge is 2.31. The third kappa shape index (κ3) is 42.1. The summed E-state index contributed by atoms with van der Waals surface area (Å²) in [5, 5.41) is 9.64. The van der Waals surface area contributed by atoms with Gasteiger partial charge in [-0.2, -0.15) is 0 Å². The molecule has 356 valence electrons. The number of quaternary nitrogens is 1. The van der Waals surface area contributed by atoms with Crippen molar-refractivity contribution < 1.29 is 38.2 Å². The van der Waals surface area contributed by atoms with Crippen LogP contribution < -0.4 is 0 Å². The van der Waals surface area contributed by atoms with Crippen molar-refractivity contribution in [3.63, 3.8) is 0 Å². The van der Waals surface area contributed by atoms with Crippen LogP contribution in [-0.4, -0.2) is 80.6 Å². The van der Waals surface area contributed by atoms with Crippen molar-refractivity contribution in [2.75, 3.05) is 41.0 Å². The summed E-state index contributed by atoms with van der Waals surface area (Å²) in [4.78, 5) is 37.1. The average Bonchev–Trinajstić information content (AvgIpc) is 3.23. The Hall–Kier alpha value is -3.23. The van der Waals surface area contributed by atoms with Gasteiger partial charge in [0.15, 0.2) is 12.1 Å². The molecule has 0 aromatic rings. The molecule has 0 heterocycles. The molecular weight excluding hydrogens is 775 g/mol. The summed E-state index contributed by atoms with van der Waals surface area (Å²) in [5.74, 6) is -1.53. The lowest BCUT2D eigenvalue weighted by Gasteiger charge is -2.31. The molecule has 8 heteroatoms. The van der Waals surface area contributed by atoms with Crippen LogP contribution in [0.4, 0.5) is 0 Å². The first-order valence-corrected chi connectivity index (χ1v) is 25.0. The van der Waals surface area contributed by atoms with E-state index in [1.54, 1.807) is 0 Å². The lowest BCUT2D eigenvalue weighted by atomic mass is 10.0. The molecule has 0 aliphatic carbocycles. The van der Waals surface area contributed by atoms with E-state index in [1.807, 2.05) is 69.8 Å². The van der Waals surface area contributed by atoms with Crippen LogP contribution in [0.3, 0.4) is 0 Å². The van der Waals surface area contributed by atoms with Crippen molar-refractivity contribution in [2.24, 2.45) is 0 Å². The highest BCUT2D eigenvalue weighted by molar-refractivity contribution is 5.72. The quantitative estimate of drug-likeness (QED) is 0.0214. The molecule has 0 saturated heterocycles. The van der Waals surface area contributed by atoms with Crippen molar-refractivity contribution in [3.8, 4) is 0 Å². The van der Waals surface area contributed by atoms with Gasteiger partial charge < -0.3 is 23.8 Å². The molecule has 0 amide bonds. The van der Waals surface area contributed by atoms with Crippen LogP contribution in [0.5, 0.6) is 0 Å². The number of carbonyl (C=O) groups excluding carboxylic acids is 2. The predicted octanol–water partition coefficient (Wildman–Crippen LogP) is 14.3. The average molecular weight is 869 g/mol. The molecule has 8 nitrogen and oxygen atoms in total. The zero-order chi connectivity index (χ0) is 45.6. The van der Waals surface area contributed by atoms with Gasteiger partial charge in [0.25, 0.3) is 0 Å². The van der Waals surface area contributed by atoms with E-state index in [2.05, 4.69) is 38.2 Å². The van der Waals surface area contributed by atoms with Crippen molar-refractivity contribution in [1.29, 1.82) is 0 Å². The van der Waals surface area contributed by atoms with Crippen LogP contribution in [0, 0.1) is 0 Å². The molecule has 0 aliphatic heterocycles. The molecule has 0 aromatic heterocycles. The smallest absolute Gasteiger partial charge is 0.362 e. The molecule has 0 rings (SSSR count). The van der Waals surface area contributed by atoms with Crippen LogP contribution in [0.2, 0.25) is 0 Å². The van der Waals surface area contributed by atoms with E-state index in [4.69, 9.17) is 14.2 Å². The fourth-order valence-corrected chi connectivity index (χ4v) is 7.11. The first kappa shape index (κ1) is 58.8. The number of carboxylic acids is 1. The molecule has 2 atom stereocenters. The predicted molar refractivity (Wildman–Crippen MR) is 261 cm³/mol. The van der Waals surface area contributed by atoms with E-state index < -0.39 is 18.1 Å². The summed E-state index contributed by atoms with van der Waals surface area (Å²) in [6, 6.07) is -0.627. The summed E-state index contributed by atoms with van der Waals surface area (Å²) in [6.45, 7) is 4.55. The van der Waals surface area contributed by atoms with E-state index in [0.29, 0.717) is 19.3 Å². The Bertz CT molecular complexity index is 1240. The number of nitrogens with zero attached hydrogens (tertiary/aromatic N) is 1. The summed E-state index contributed by atoms with van der Waals surface area (Å²) >= 11 is 0. The van der Waals surface area contributed by atoms with Gasteiger partial charge in [0, 0.05) is 19.3 Å². The van der Waals surface area contributed by atoms with Gasteiger partial charge in [-0.1, -0.05) is 196 Å². The van der Waals surface area contributed by atoms with Gasteiger partial charge in [-0.25, -0.2) is 4.79 Å². The van der Waals surface area contributed by atoms with Crippen molar-refractivity contribution >= 4 is 17.9 Å². The van der Waals surface area contributed by atoms with Crippen LogP contribution in [0.25, 0.3) is 0 Å². The Morgan fingerprint density at radius 2 is 0.919 bits per heavy atom. The van der Waals surface area contributed by atoms with Crippen molar-refractivity contribution in [2.45, 2.75) is 212 Å². The van der Waals surface area contributed by atoms with Crippen LogP contribution in [0.1, 0.15) is 200 Å². The number of allylic oxidation sites excluding steroid dienone is 12. The SMILES string of the molecule is CC/C=C/C=C/C=C/C=C/C=C/CCCCCC(=O)OC(COCCC(C(=O)O)[N+](C)(C)C)COC(=O)CCCCCCCCC/C=C/CCCCCCCCCCCCCC. The van der Waals surface area contributed by atoms with Crippen molar-refractivity contribution in [3.05, 3.63) is 72.9 Å². The second kappa shape index (κ2) is 44.4. The Kier molecular flexibility index (Phi) is 42.1. The first-order valence-electron chi connectivity index (χ1n) is 25.0. The molecular formula is C54H94NO7+. The minimum atomic E-state index is -0.885.